The van der Waals surface area contributed by atoms with Crippen molar-refractivity contribution in [2.75, 3.05) is 25.4 Å². The Balaban J connectivity index is 0.00000243. The zero-order valence-corrected chi connectivity index (χ0v) is 15.9. The highest BCUT2D eigenvalue weighted by Gasteiger charge is 2.36. The average molecular weight is 381 g/mol. The third kappa shape index (κ3) is 5.19. The molecule has 2 amide bonds. The molecule has 7 heteroatoms. The lowest BCUT2D eigenvalue weighted by molar-refractivity contribution is -0.134. The van der Waals surface area contributed by atoms with Crippen LogP contribution in [0.3, 0.4) is 0 Å². The Morgan fingerprint density at radius 1 is 1.42 bits per heavy atom. The lowest BCUT2D eigenvalue weighted by Crippen LogP contribution is -2.48. The Kier molecular flexibility index (Phi) is 7.03. The van der Waals surface area contributed by atoms with Gasteiger partial charge in [0.1, 0.15) is 0 Å². The van der Waals surface area contributed by atoms with Crippen LogP contribution in [0.5, 0.6) is 0 Å². The number of aryl methyl sites for hydroxylation is 1. The number of aromatic nitrogens is 1. The number of nitrogen functional groups attached to an aromatic ring is 1. The topological polar surface area (TPSA) is 79.5 Å². The highest BCUT2D eigenvalue weighted by molar-refractivity contribution is 7.13. The molecule has 6 nitrogen and oxygen atoms in total. The van der Waals surface area contributed by atoms with E-state index in [9.17, 15) is 9.59 Å². The fourth-order valence-corrected chi connectivity index (χ4v) is 4.02. The van der Waals surface area contributed by atoms with E-state index in [1.807, 2.05) is 10.3 Å². The van der Waals surface area contributed by atoms with Crippen molar-refractivity contribution in [1.29, 1.82) is 0 Å². The molecule has 2 aliphatic rings. The van der Waals surface area contributed by atoms with Gasteiger partial charge in [0, 0.05) is 37.9 Å². The molecule has 1 aromatic rings. The number of thiazole rings is 1. The second kappa shape index (κ2) is 8.84. The van der Waals surface area contributed by atoms with Crippen LogP contribution >= 0.6 is 11.3 Å². The minimum Gasteiger partial charge on any atom is -0.375 e. The van der Waals surface area contributed by atoms with Gasteiger partial charge in [-0.05, 0) is 31.1 Å². The largest absolute Gasteiger partial charge is 0.375 e. The molecule has 1 aliphatic carbocycles. The predicted molar refractivity (Wildman–Crippen MR) is 106 cm³/mol. The summed E-state index contributed by atoms with van der Waals surface area (Å²) in [6.45, 7) is 6.32. The van der Waals surface area contributed by atoms with Gasteiger partial charge in [0.15, 0.2) is 5.13 Å². The SMILES string of the molecule is C.CC(C)C1CN(C(=O)CCc2csc(N)n2)CCC(=O)N1CC1CC1. The second-order valence-electron chi connectivity index (χ2n) is 7.57. The monoisotopic (exact) mass is 380 g/mol. The zero-order chi connectivity index (χ0) is 18.0. The van der Waals surface area contributed by atoms with E-state index in [0.29, 0.717) is 49.3 Å². The normalized spacial score (nSPS) is 20.9. The van der Waals surface area contributed by atoms with Crippen LogP contribution in [0.2, 0.25) is 0 Å². The summed E-state index contributed by atoms with van der Waals surface area (Å²) in [6.07, 6.45) is 3.92. The van der Waals surface area contributed by atoms with E-state index in [0.717, 1.165) is 12.2 Å². The van der Waals surface area contributed by atoms with Gasteiger partial charge in [-0.15, -0.1) is 11.3 Å². The summed E-state index contributed by atoms with van der Waals surface area (Å²) in [6, 6.07) is 0.120. The van der Waals surface area contributed by atoms with Gasteiger partial charge in [-0.25, -0.2) is 4.98 Å². The summed E-state index contributed by atoms with van der Waals surface area (Å²) in [4.78, 5) is 33.4. The standard InChI is InChI=1S/C18H28N4O2S.CH4/c1-12(2)15-10-21(8-7-17(24)22(15)9-13-3-4-13)16(23)6-5-14-11-25-18(19)20-14;/h11-13,15H,3-10H2,1-2H3,(H2,19,20);1H4. The van der Waals surface area contributed by atoms with E-state index >= 15 is 0 Å². The number of nitrogens with two attached hydrogens (primary N) is 1. The molecule has 1 unspecified atom stereocenters. The molecule has 1 aliphatic heterocycles. The molecule has 146 valence electrons. The molecule has 26 heavy (non-hydrogen) atoms. The molecule has 1 saturated heterocycles. The Morgan fingerprint density at radius 2 is 2.15 bits per heavy atom. The Bertz CT molecular complexity index is 627. The molecule has 2 N–H and O–H groups in total. The number of amides is 2. The first kappa shape index (κ1) is 20.7. The van der Waals surface area contributed by atoms with Crippen molar-refractivity contribution < 1.29 is 9.59 Å². The minimum absolute atomic E-state index is 0. The Morgan fingerprint density at radius 3 is 2.73 bits per heavy atom. The van der Waals surface area contributed by atoms with Gasteiger partial charge < -0.3 is 15.5 Å². The number of carbonyl (C=O) groups excluding carboxylic acids is 2. The molecule has 0 aromatic carbocycles. The summed E-state index contributed by atoms with van der Waals surface area (Å²) in [5.41, 5.74) is 6.52. The van der Waals surface area contributed by atoms with E-state index in [4.69, 9.17) is 5.73 Å². The van der Waals surface area contributed by atoms with Gasteiger partial charge >= 0.3 is 0 Å². The molecular formula is C19H32N4O2S. The van der Waals surface area contributed by atoms with Crippen molar-refractivity contribution in [3.8, 4) is 0 Å². The molecule has 0 bridgehead atoms. The van der Waals surface area contributed by atoms with E-state index in [1.165, 1.54) is 24.2 Å². The predicted octanol–water partition coefficient (Wildman–Crippen LogP) is 2.79. The summed E-state index contributed by atoms with van der Waals surface area (Å²) in [5.74, 6) is 1.32. The van der Waals surface area contributed by atoms with E-state index in [-0.39, 0.29) is 25.3 Å². The Hall–Kier alpha value is -1.63. The summed E-state index contributed by atoms with van der Waals surface area (Å²) in [7, 11) is 0. The fourth-order valence-electron chi connectivity index (χ4n) is 3.42. The molecule has 1 atom stereocenters. The van der Waals surface area contributed by atoms with Crippen molar-refractivity contribution in [2.24, 2.45) is 11.8 Å². The summed E-state index contributed by atoms with van der Waals surface area (Å²) < 4.78 is 0. The number of hydrogen-bond donors (Lipinski definition) is 1. The molecule has 0 spiro atoms. The van der Waals surface area contributed by atoms with Crippen LogP contribution in [0, 0.1) is 11.8 Å². The summed E-state index contributed by atoms with van der Waals surface area (Å²) in [5, 5.41) is 2.45. The molecule has 2 heterocycles. The first-order valence-electron chi connectivity index (χ1n) is 9.21. The average Bonchev–Trinajstić information content (AvgIpc) is 3.32. The van der Waals surface area contributed by atoms with Crippen LogP contribution in [-0.4, -0.2) is 52.3 Å². The van der Waals surface area contributed by atoms with Gasteiger partial charge in [-0.2, -0.15) is 0 Å². The molecule has 3 rings (SSSR count). The molecule has 1 saturated carbocycles. The molecule has 0 radical (unpaired) electrons. The zero-order valence-electron chi connectivity index (χ0n) is 15.1. The maximum absolute atomic E-state index is 12.7. The van der Waals surface area contributed by atoms with Crippen molar-refractivity contribution in [3.63, 3.8) is 0 Å². The Labute approximate surface area is 160 Å². The maximum atomic E-state index is 12.7. The number of nitrogens with zero attached hydrogens (tertiary/aromatic N) is 3. The van der Waals surface area contributed by atoms with Crippen LogP contribution in [0.1, 0.15) is 52.7 Å². The quantitative estimate of drug-likeness (QED) is 0.823. The third-order valence-electron chi connectivity index (χ3n) is 5.16. The molecular weight excluding hydrogens is 348 g/mol. The smallest absolute Gasteiger partial charge is 0.224 e. The van der Waals surface area contributed by atoms with Crippen molar-refractivity contribution in [3.05, 3.63) is 11.1 Å². The van der Waals surface area contributed by atoms with Gasteiger partial charge in [0.05, 0.1) is 11.7 Å². The number of rotatable bonds is 6. The van der Waals surface area contributed by atoms with Crippen molar-refractivity contribution in [1.82, 2.24) is 14.8 Å². The number of anilines is 1. The van der Waals surface area contributed by atoms with Gasteiger partial charge in [-0.1, -0.05) is 21.3 Å². The highest BCUT2D eigenvalue weighted by atomic mass is 32.1. The first-order chi connectivity index (χ1) is 11.9. The van der Waals surface area contributed by atoms with Crippen LogP contribution in [0.4, 0.5) is 5.13 Å². The van der Waals surface area contributed by atoms with E-state index < -0.39 is 0 Å². The highest BCUT2D eigenvalue weighted by Crippen LogP contribution is 2.32. The van der Waals surface area contributed by atoms with Gasteiger partial charge in [0.2, 0.25) is 11.8 Å². The molecule has 2 fully saturated rings. The van der Waals surface area contributed by atoms with E-state index in [1.54, 1.807) is 0 Å². The lowest BCUT2D eigenvalue weighted by Gasteiger charge is -2.34. The maximum Gasteiger partial charge on any atom is 0.224 e. The van der Waals surface area contributed by atoms with Crippen molar-refractivity contribution >= 4 is 28.3 Å². The third-order valence-corrected chi connectivity index (χ3v) is 5.89. The minimum atomic E-state index is 0. The summed E-state index contributed by atoms with van der Waals surface area (Å²) >= 11 is 1.40. The van der Waals surface area contributed by atoms with Crippen LogP contribution in [0.15, 0.2) is 5.38 Å². The van der Waals surface area contributed by atoms with Crippen LogP contribution < -0.4 is 5.73 Å². The van der Waals surface area contributed by atoms with Gasteiger partial charge in [0.25, 0.3) is 0 Å². The lowest BCUT2D eigenvalue weighted by atomic mass is 10.0. The first-order valence-corrected chi connectivity index (χ1v) is 10.1. The van der Waals surface area contributed by atoms with Crippen LogP contribution in [0.25, 0.3) is 0 Å². The fraction of sp³-hybridized carbons (Fsp3) is 0.737. The second-order valence-corrected chi connectivity index (χ2v) is 8.46. The van der Waals surface area contributed by atoms with Crippen molar-refractivity contribution in [2.45, 2.75) is 59.4 Å². The number of carbonyl (C=O) groups is 2. The molecule has 1 aromatic heterocycles. The number of hydrogen-bond acceptors (Lipinski definition) is 5. The van der Waals surface area contributed by atoms with Gasteiger partial charge in [-0.3, -0.25) is 9.59 Å². The van der Waals surface area contributed by atoms with E-state index in [2.05, 4.69) is 23.7 Å². The van der Waals surface area contributed by atoms with Crippen LogP contribution in [-0.2, 0) is 16.0 Å².